The molecule has 21 heavy (non-hydrogen) atoms. The predicted molar refractivity (Wildman–Crippen MR) is 83.5 cm³/mol. The Morgan fingerprint density at radius 1 is 1.33 bits per heavy atom. The van der Waals surface area contributed by atoms with Crippen LogP contribution in [-0.4, -0.2) is 17.1 Å². The topological polar surface area (TPSA) is 66.0 Å². The molecule has 2 unspecified atom stereocenters. The van der Waals surface area contributed by atoms with Gasteiger partial charge >= 0.3 is 0 Å². The fourth-order valence-electron chi connectivity index (χ4n) is 2.20. The van der Waals surface area contributed by atoms with Crippen molar-refractivity contribution in [3.8, 4) is 0 Å². The molecule has 0 aliphatic carbocycles. The summed E-state index contributed by atoms with van der Waals surface area (Å²) in [5, 5.41) is 2.88. The minimum absolute atomic E-state index is 0.125. The molecule has 2 aromatic rings. The predicted octanol–water partition coefficient (Wildman–Crippen LogP) is 2.75. The maximum Gasteiger partial charge on any atom is 0.254 e. The third-order valence-electron chi connectivity index (χ3n) is 3.22. The summed E-state index contributed by atoms with van der Waals surface area (Å²) in [5.41, 5.74) is 7.73. The Morgan fingerprint density at radius 2 is 2.10 bits per heavy atom. The van der Waals surface area contributed by atoms with Gasteiger partial charge in [-0.3, -0.25) is 9.78 Å². The van der Waals surface area contributed by atoms with Gasteiger partial charge in [0.15, 0.2) is 0 Å². The molecule has 3 N–H and O–H groups in total. The minimum Gasteiger partial charge on any atom is -0.335 e. The van der Waals surface area contributed by atoms with Crippen molar-refractivity contribution in [2.24, 2.45) is 0 Å². The van der Waals surface area contributed by atoms with Gasteiger partial charge in [-0.2, -0.15) is 0 Å². The fraction of sp³-hybridized carbons (Fsp3) is 0.231. The number of pyridine rings is 1. The largest absolute Gasteiger partial charge is 0.335 e. The van der Waals surface area contributed by atoms with Crippen LogP contribution in [0, 0.1) is 0 Å². The second-order valence-electron chi connectivity index (χ2n) is 4.62. The first-order valence-electron chi connectivity index (χ1n) is 6.30. The van der Waals surface area contributed by atoms with Gasteiger partial charge in [-0.05, 0) is 23.8 Å². The molecule has 0 radical (unpaired) electrons. The molecule has 1 aliphatic heterocycles. The van der Waals surface area contributed by atoms with Crippen LogP contribution in [-0.2, 0) is 0 Å². The zero-order valence-corrected chi connectivity index (χ0v) is 13.1. The quantitative estimate of drug-likeness (QED) is 0.802. The Morgan fingerprint density at radius 3 is 2.76 bits per heavy atom. The van der Waals surface area contributed by atoms with E-state index in [0.717, 1.165) is 12.0 Å². The number of hydrogen-bond acceptors (Lipinski definition) is 5. The number of amides is 1. The van der Waals surface area contributed by atoms with Crippen LogP contribution < -0.4 is 16.2 Å². The summed E-state index contributed by atoms with van der Waals surface area (Å²) < 4.78 is 0.895. The molecule has 1 aliphatic rings. The van der Waals surface area contributed by atoms with E-state index in [2.05, 4.69) is 21.2 Å². The molecule has 2 aromatic heterocycles. The zero-order chi connectivity index (χ0) is 14.8. The number of thiophene rings is 1. The molecule has 0 aromatic carbocycles. The Kier molecular flexibility index (Phi) is 4.42. The van der Waals surface area contributed by atoms with Crippen LogP contribution in [0.5, 0.6) is 0 Å². The van der Waals surface area contributed by atoms with E-state index in [0.29, 0.717) is 14.2 Å². The van der Waals surface area contributed by atoms with Crippen molar-refractivity contribution < 1.29 is 4.79 Å². The molecule has 0 saturated carbocycles. The summed E-state index contributed by atoms with van der Waals surface area (Å²) in [6, 6.07) is 5.59. The van der Waals surface area contributed by atoms with Gasteiger partial charge < -0.3 is 5.32 Å². The van der Waals surface area contributed by atoms with Gasteiger partial charge in [0.05, 0.1) is 16.1 Å². The van der Waals surface area contributed by atoms with Crippen LogP contribution >= 0.6 is 34.5 Å². The molecule has 1 saturated heterocycles. The van der Waals surface area contributed by atoms with Gasteiger partial charge in [0.25, 0.3) is 5.91 Å². The monoisotopic (exact) mass is 342 g/mol. The van der Waals surface area contributed by atoms with Crippen molar-refractivity contribution >= 4 is 40.4 Å². The van der Waals surface area contributed by atoms with Crippen molar-refractivity contribution in [1.82, 2.24) is 21.2 Å². The number of aromatic nitrogens is 1. The average Bonchev–Trinajstić information content (AvgIpc) is 3.06. The van der Waals surface area contributed by atoms with E-state index in [1.54, 1.807) is 18.5 Å². The van der Waals surface area contributed by atoms with E-state index < -0.39 is 0 Å². The summed E-state index contributed by atoms with van der Waals surface area (Å²) in [6.45, 7) is 0. The lowest BCUT2D eigenvalue weighted by molar-refractivity contribution is 0.0933. The number of carbonyl (C=O) groups excluding carboxylic acids is 1. The lowest BCUT2D eigenvalue weighted by Crippen LogP contribution is -2.44. The standard InChI is InChI=1S/C13H12Cl2N4OS/c14-10-5-8(12(15)21-10)13(20)17-11-6-9(18-19-11)7-1-3-16-4-2-7/h1-5,9,11,18-19H,6H2,(H,17,20). The van der Waals surface area contributed by atoms with Gasteiger partial charge in [0, 0.05) is 24.9 Å². The smallest absolute Gasteiger partial charge is 0.254 e. The van der Waals surface area contributed by atoms with Gasteiger partial charge in [0.1, 0.15) is 4.34 Å². The molecular weight excluding hydrogens is 331 g/mol. The van der Waals surface area contributed by atoms with Crippen molar-refractivity contribution in [2.75, 3.05) is 0 Å². The molecule has 2 atom stereocenters. The second-order valence-corrected chi connectivity index (χ2v) is 6.91. The van der Waals surface area contributed by atoms with Crippen LogP contribution in [0.1, 0.15) is 28.4 Å². The normalized spacial score (nSPS) is 21.4. The zero-order valence-electron chi connectivity index (χ0n) is 10.8. The first kappa shape index (κ1) is 14.7. The van der Waals surface area contributed by atoms with E-state index in [1.165, 1.54) is 11.3 Å². The Labute approximate surface area is 135 Å². The van der Waals surface area contributed by atoms with Crippen LogP contribution in [0.3, 0.4) is 0 Å². The molecule has 0 bridgehead atoms. The maximum atomic E-state index is 12.2. The highest BCUT2D eigenvalue weighted by Crippen LogP contribution is 2.31. The fourth-order valence-corrected chi connectivity index (χ4v) is 3.65. The number of carbonyl (C=O) groups is 1. The number of nitrogens with zero attached hydrogens (tertiary/aromatic N) is 1. The second kappa shape index (κ2) is 6.29. The van der Waals surface area contributed by atoms with E-state index in [-0.39, 0.29) is 18.1 Å². The summed E-state index contributed by atoms with van der Waals surface area (Å²) in [6.07, 6.45) is 4.04. The third kappa shape index (κ3) is 3.36. The number of halogens is 2. The molecule has 110 valence electrons. The van der Waals surface area contributed by atoms with Crippen molar-refractivity contribution in [3.05, 3.63) is 50.4 Å². The summed E-state index contributed by atoms with van der Waals surface area (Å²) in [4.78, 5) is 16.1. The number of hydrazine groups is 1. The minimum atomic E-state index is -0.238. The van der Waals surface area contributed by atoms with Crippen LogP contribution in [0.2, 0.25) is 8.67 Å². The van der Waals surface area contributed by atoms with Crippen molar-refractivity contribution in [1.29, 1.82) is 0 Å². The molecule has 1 fully saturated rings. The van der Waals surface area contributed by atoms with Gasteiger partial charge in [-0.1, -0.05) is 23.2 Å². The van der Waals surface area contributed by atoms with Gasteiger partial charge in [0.2, 0.25) is 0 Å². The number of nitrogens with one attached hydrogen (secondary N) is 3. The van der Waals surface area contributed by atoms with E-state index in [1.807, 2.05) is 12.1 Å². The van der Waals surface area contributed by atoms with Crippen molar-refractivity contribution in [3.63, 3.8) is 0 Å². The first-order valence-corrected chi connectivity index (χ1v) is 7.87. The van der Waals surface area contributed by atoms with Crippen LogP contribution in [0.4, 0.5) is 0 Å². The summed E-state index contributed by atoms with van der Waals surface area (Å²) in [5.74, 6) is -0.238. The molecule has 1 amide bonds. The molecule has 3 rings (SSSR count). The Balaban J connectivity index is 1.62. The average molecular weight is 343 g/mol. The van der Waals surface area contributed by atoms with E-state index in [4.69, 9.17) is 23.2 Å². The van der Waals surface area contributed by atoms with E-state index in [9.17, 15) is 4.79 Å². The lowest BCUT2D eigenvalue weighted by atomic mass is 10.1. The highest BCUT2D eigenvalue weighted by Gasteiger charge is 2.27. The maximum absolute atomic E-state index is 12.2. The lowest BCUT2D eigenvalue weighted by Gasteiger charge is -2.11. The van der Waals surface area contributed by atoms with Crippen molar-refractivity contribution in [2.45, 2.75) is 18.6 Å². The first-order chi connectivity index (χ1) is 10.1. The third-order valence-corrected chi connectivity index (χ3v) is 4.71. The van der Waals surface area contributed by atoms with Crippen LogP contribution in [0.15, 0.2) is 30.6 Å². The highest BCUT2D eigenvalue weighted by atomic mass is 35.5. The molecule has 5 nitrogen and oxygen atoms in total. The Hall–Kier alpha value is -1.18. The van der Waals surface area contributed by atoms with E-state index >= 15 is 0 Å². The number of hydrogen-bond donors (Lipinski definition) is 3. The van der Waals surface area contributed by atoms with Gasteiger partial charge in [-0.15, -0.1) is 11.3 Å². The SMILES string of the molecule is O=C(NC1CC(c2ccncc2)NN1)c1cc(Cl)sc1Cl. The van der Waals surface area contributed by atoms with Gasteiger partial charge in [-0.25, -0.2) is 10.9 Å². The number of rotatable bonds is 3. The van der Waals surface area contributed by atoms with Crippen LogP contribution in [0.25, 0.3) is 0 Å². The summed E-state index contributed by atoms with van der Waals surface area (Å²) >= 11 is 13.0. The molecule has 8 heteroatoms. The molecular formula is C13H12Cl2N4OS. The highest BCUT2D eigenvalue weighted by molar-refractivity contribution is 7.20. The Bertz CT molecular complexity index is 649. The molecule has 0 spiro atoms. The molecule has 3 heterocycles. The summed E-state index contributed by atoms with van der Waals surface area (Å²) in [7, 11) is 0.